The number of carbonyl (C=O) groups excluding carboxylic acids is 2. The predicted molar refractivity (Wildman–Crippen MR) is 75.3 cm³/mol. The molecule has 2 heterocycles. The molecule has 0 spiro atoms. The minimum absolute atomic E-state index is 0.00907. The van der Waals surface area contributed by atoms with Crippen molar-refractivity contribution in [2.24, 2.45) is 0 Å². The summed E-state index contributed by atoms with van der Waals surface area (Å²) in [7, 11) is 0. The van der Waals surface area contributed by atoms with Crippen LogP contribution in [0, 0.1) is 0 Å². The number of nitrogens with zero attached hydrogens (tertiary/aromatic N) is 2. The first kappa shape index (κ1) is 12.6. The molecular weight excluding hydrogens is 254 g/mol. The predicted octanol–water partition coefficient (Wildman–Crippen LogP) is 1.20. The molecule has 3 rings (SSSR count). The molecule has 0 aliphatic carbocycles. The van der Waals surface area contributed by atoms with Crippen molar-refractivity contribution in [1.82, 2.24) is 15.2 Å². The van der Waals surface area contributed by atoms with Crippen LogP contribution < -0.4 is 5.32 Å². The van der Waals surface area contributed by atoms with Crippen LogP contribution in [0.15, 0.2) is 36.5 Å². The van der Waals surface area contributed by atoms with Crippen LogP contribution in [-0.2, 0) is 4.79 Å². The van der Waals surface area contributed by atoms with Crippen molar-refractivity contribution in [3.63, 3.8) is 0 Å². The molecule has 0 unspecified atom stereocenters. The van der Waals surface area contributed by atoms with Crippen molar-refractivity contribution in [3.05, 3.63) is 42.1 Å². The van der Waals surface area contributed by atoms with E-state index in [1.54, 1.807) is 17.2 Å². The Morgan fingerprint density at radius 3 is 2.75 bits per heavy atom. The number of para-hydroxylation sites is 1. The molecule has 1 N–H and O–H groups in total. The van der Waals surface area contributed by atoms with E-state index in [1.807, 2.05) is 24.3 Å². The smallest absolute Gasteiger partial charge is 0.254 e. The molecule has 1 fully saturated rings. The zero-order valence-electron chi connectivity index (χ0n) is 11.2. The topological polar surface area (TPSA) is 62.3 Å². The van der Waals surface area contributed by atoms with Crippen LogP contribution >= 0.6 is 0 Å². The second-order valence-electron chi connectivity index (χ2n) is 4.98. The molecule has 0 bridgehead atoms. The molecule has 20 heavy (non-hydrogen) atoms. The van der Waals surface area contributed by atoms with Crippen LogP contribution in [0.1, 0.15) is 17.3 Å². The van der Waals surface area contributed by atoms with Gasteiger partial charge in [0.15, 0.2) is 0 Å². The van der Waals surface area contributed by atoms with E-state index in [4.69, 9.17) is 0 Å². The number of nitrogens with one attached hydrogen (secondary N) is 1. The third kappa shape index (κ3) is 2.22. The molecule has 0 atom stereocenters. The standard InChI is InChI=1S/C15H15N3O2/c1-10(19)17-11-8-18(9-11)15(20)13-6-7-16-14-5-3-2-4-12(13)14/h2-7,11H,8-9H2,1H3,(H,17,19). The van der Waals surface area contributed by atoms with Gasteiger partial charge in [0.05, 0.1) is 17.1 Å². The number of hydrogen-bond donors (Lipinski definition) is 1. The monoisotopic (exact) mass is 269 g/mol. The van der Waals surface area contributed by atoms with Crippen molar-refractivity contribution < 1.29 is 9.59 Å². The molecule has 2 amide bonds. The first-order valence-corrected chi connectivity index (χ1v) is 6.55. The second-order valence-corrected chi connectivity index (χ2v) is 4.98. The van der Waals surface area contributed by atoms with E-state index < -0.39 is 0 Å². The normalized spacial score (nSPS) is 14.9. The molecule has 5 heteroatoms. The largest absolute Gasteiger partial charge is 0.350 e. The van der Waals surface area contributed by atoms with Crippen LogP contribution in [0.5, 0.6) is 0 Å². The van der Waals surface area contributed by atoms with Gasteiger partial charge in [-0.25, -0.2) is 0 Å². The molecule has 1 aliphatic heterocycles. The highest BCUT2D eigenvalue weighted by atomic mass is 16.2. The lowest BCUT2D eigenvalue weighted by molar-refractivity contribution is -0.120. The average molecular weight is 269 g/mol. The van der Waals surface area contributed by atoms with Crippen molar-refractivity contribution >= 4 is 22.7 Å². The summed E-state index contributed by atoms with van der Waals surface area (Å²) >= 11 is 0. The molecular formula is C15H15N3O2. The van der Waals surface area contributed by atoms with Crippen molar-refractivity contribution in [2.45, 2.75) is 13.0 Å². The highest BCUT2D eigenvalue weighted by molar-refractivity contribution is 6.06. The van der Waals surface area contributed by atoms with Gasteiger partial charge in [0.1, 0.15) is 0 Å². The summed E-state index contributed by atoms with van der Waals surface area (Å²) in [5.41, 5.74) is 1.48. The number of fused-ring (bicyclic) bond motifs is 1. The maximum absolute atomic E-state index is 12.5. The lowest BCUT2D eigenvalue weighted by atomic mass is 10.0. The van der Waals surface area contributed by atoms with Gasteiger partial charge < -0.3 is 10.2 Å². The lowest BCUT2D eigenvalue weighted by Gasteiger charge is -2.39. The summed E-state index contributed by atoms with van der Waals surface area (Å²) in [5.74, 6) is -0.0679. The molecule has 1 aliphatic rings. The Hall–Kier alpha value is -2.43. The molecule has 1 aromatic heterocycles. The van der Waals surface area contributed by atoms with Gasteiger partial charge in [-0.1, -0.05) is 18.2 Å². The molecule has 0 radical (unpaired) electrons. The first-order valence-electron chi connectivity index (χ1n) is 6.55. The van der Waals surface area contributed by atoms with Gasteiger partial charge in [-0.3, -0.25) is 14.6 Å². The average Bonchev–Trinajstić information content (AvgIpc) is 2.41. The van der Waals surface area contributed by atoms with E-state index in [-0.39, 0.29) is 17.9 Å². The highest BCUT2D eigenvalue weighted by Crippen LogP contribution is 2.20. The Bertz CT molecular complexity index is 672. The van der Waals surface area contributed by atoms with Crippen molar-refractivity contribution in [2.75, 3.05) is 13.1 Å². The SMILES string of the molecule is CC(=O)NC1CN(C(=O)c2ccnc3ccccc23)C1. The molecule has 2 aromatic rings. The summed E-state index contributed by atoms with van der Waals surface area (Å²) in [6, 6.07) is 9.42. The van der Waals surface area contributed by atoms with Gasteiger partial charge in [-0.05, 0) is 12.1 Å². The number of rotatable bonds is 2. The minimum Gasteiger partial charge on any atom is -0.350 e. The fourth-order valence-electron chi connectivity index (χ4n) is 2.48. The minimum atomic E-state index is -0.0588. The Balaban J connectivity index is 1.79. The highest BCUT2D eigenvalue weighted by Gasteiger charge is 2.32. The Kier molecular flexibility index (Phi) is 3.10. The fourth-order valence-corrected chi connectivity index (χ4v) is 2.48. The number of aromatic nitrogens is 1. The van der Waals surface area contributed by atoms with Crippen molar-refractivity contribution in [3.8, 4) is 0 Å². The van der Waals surface area contributed by atoms with Crippen LogP contribution in [0.4, 0.5) is 0 Å². The Morgan fingerprint density at radius 2 is 2.00 bits per heavy atom. The van der Waals surface area contributed by atoms with Crippen molar-refractivity contribution in [1.29, 1.82) is 0 Å². The maximum Gasteiger partial charge on any atom is 0.254 e. The third-order valence-electron chi connectivity index (χ3n) is 3.46. The number of amides is 2. The quantitative estimate of drug-likeness (QED) is 0.891. The van der Waals surface area contributed by atoms with Gasteiger partial charge in [0.25, 0.3) is 5.91 Å². The van der Waals surface area contributed by atoms with Crippen LogP contribution in [-0.4, -0.2) is 40.8 Å². The van der Waals surface area contributed by atoms with Gasteiger partial charge in [0.2, 0.25) is 5.91 Å². The van der Waals surface area contributed by atoms with Crippen LogP contribution in [0.25, 0.3) is 10.9 Å². The van der Waals surface area contributed by atoms with E-state index in [0.717, 1.165) is 10.9 Å². The lowest BCUT2D eigenvalue weighted by Crippen LogP contribution is -2.60. The van der Waals surface area contributed by atoms with Crippen LogP contribution in [0.2, 0.25) is 0 Å². The summed E-state index contributed by atoms with van der Waals surface area (Å²) in [4.78, 5) is 29.4. The number of hydrogen-bond acceptors (Lipinski definition) is 3. The van der Waals surface area contributed by atoms with E-state index in [9.17, 15) is 9.59 Å². The van der Waals surface area contributed by atoms with Gasteiger partial charge in [-0.15, -0.1) is 0 Å². The molecule has 5 nitrogen and oxygen atoms in total. The van der Waals surface area contributed by atoms with Gasteiger partial charge in [0, 0.05) is 31.6 Å². The van der Waals surface area contributed by atoms with Crippen LogP contribution in [0.3, 0.4) is 0 Å². The zero-order valence-corrected chi connectivity index (χ0v) is 11.2. The summed E-state index contributed by atoms with van der Waals surface area (Å²) < 4.78 is 0. The maximum atomic E-state index is 12.5. The molecule has 0 saturated carbocycles. The van der Waals surface area contributed by atoms with Gasteiger partial charge in [-0.2, -0.15) is 0 Å². The molecule has 102 valence electrons. The number of likely N-dealkylation sites (tertiary alicyclic amines) is 1. The number of pyridine rings is 1. The van der Waals surface area contributed by atoms with E-state index in [2.05, 4.69) is 10.3 Å². The zero-order chi connectivity index (χ0) is 14.1. The Morgan fingerprint density at radius 1 is 1.25 bits per heavy atom. The molecule has 1 aromatic carbocycles. The van der Waals surface area contributed by atoms with Gasteiger partial charge >= 0.3 is 0 Å². The summed E-state index contributed by atoms with van der Waals surface area (Å²) in [6.07, 6.45) is 1.65. The van der Waals surface area contributed by atoms with E-state index >= 15 is 0 Å². The van der Waals surface area contributed by atoms with E-state index in [0.29, 0.717) is 18.7 Å². The Labute approximate surface area is 116 Å². The summed E-state index contributed by atoms with van der Waals surface area (Å²) in [5, 5.41) is 3.67. The summed E-state index contributed by atoms with van der Waals surface area (Å²) in [6.45, 7) is 2.62. The molecule has 1 saturated heterocycles. The number of benzene rings is 1. The fraction of sp³-hybridized carbons (Fsp3) is 0.267. The first-order chi connectivity index (χ1) is 9.65. The third-order valence-corrected chi connectivity index (χ3v) is 3.46. The second kappa shape index (κ2) is 4.92. The van der Waals surface area contributed by atoms with E-state index in [1.165, 1.54) is 6.92 Å². The number of carbonyl (C=O) groups is 2.